The van der Waals surface area contributed by atoms with Crippen LogP contribution < -0.4 is 10.6 Å². The molecular weight excluding hydrogens is 248 g/mol. The molecule has 0 spiro atoms. The lowest BCUT2D eigenvalue weighted by molar-refractivity contribution is 0.0697. The number of carbonyl (C=O) groups is 1. The Morgan fingerprint density at radius 3 is 2.32 bits per heavy atom. The molecule has 6 heteroatoms. The van der Waals surface area contributed by atoms with E-state index in [1.54, 1.807) is 26.4 Å². The van der Waals surface area contributed by atoms with E-state index in [1.165, 1.54) is 6.07 Å². The maximum absolute atomic E-state index is 11.3. The van der Waals surface area contributed by atoms with Crippen LogP contribution in [0.5, 0.6) is 0 Å². The van der Waals surface area contributed by atoms with E-state index in [9.17, 15) is 9.90 Å². The zero-order valence-electron chi connectivity index (χ0n) is 11.3. The summed E-state index contributed by atoms with van der Waals surface area (Å²) < 4.78 is 10.1. The van der Waals surface area contributed by atoms with Gasteiger partial charge in [0.1, 0.15) is 0 Å². The highest BCUT2D eigenvalue weighted by atomic mass is 16.5. The number of ether oxygens (including phenoxy) is 2. The van der Waals surface area contributed by atoms with Gasteiger partial charge in [-0.1, -0.05) is 0 Å². The number of nitrogens with two attached hydrogens (primary N) is 1. The van der Waals surface area contributed by atoms with E-state index >= 15 is 0 Å². The third kappa shape index (κ3) is 4.42. The molecule has 1 aromatic rings. The summed E-state index contributed by atoms with van der Waals surface area (Å²) in [5.74, 6) is -0.998. The van der Waals surface area contributed by atoms with E-state index in [4.69, 9.17) is 15.2 Å². The number of methoxy groups -OCH3 is 2. The molecule has 0 saturated carbocycles. The lowest BCUT2D eigenvalue weighted by Gasteiger charge is -2.25. The number of aromatic carboxylic acids is 1. The van der Waals surface area contributed by atoms with Gasteiger partial charge >= 0.3 is 5.97 Å². The third-order valence-corrected chi connectivity index (χ3v) is 2.72. The summed E-state index contributed by atoms with van der Waals surface area (Å²) in [4.78, 5) is 13.2. The first-order valence-corrected chi connectivity index (χ1v) is 5.95. The van der Waals surface area contributed by atoms with Gasteiger partial charge in [0.25, 0.3) is 0 Å². The third-order valence-electron chi connectivity index (χ3n) is 2.72. The number of hydrogen-bond acceptors (Lipinski definition) is 5. The second-order valence-electron chi connectivity index (χ2n) is 4.05. The Labute approximate surface area is 112 Å². The van der Waals surface area contributed by atoms with Crippen molar-refractivity contribution in [2.75, 3.05) is 51.2 Å². The molecule has 0 aliphatic heterocycles. The molecule has 1 aromatic carbocycles. The summed E-state index contributed by atoms with van der Waals surface area (Å²) in [5.41, 5.74) is 6.87. The average molecular weight is 268 g/mol. The number of anilines is 2. The zero-order valence-corrected chi connectivity index (χ0v) is 11.3. The highest BCUT2D eigenvalue weighted by Gasteiger charge is 2.16. The van der Waals surface area contributed by atoms with E-state index in [0.29, 0.717) is 37.7 Å². The Morgan fingerprint density at radius 1 is 1.26 bits per heavy atom. The Bertz CT molecular complexity index is 415. The topological polar surface area (TPSA) is 85.0 Å². The van der Waals surface area contributed by atoms with E-state index in [-0.39, 0.29) is 5.56 Å². The van der Waals surface area contributed by atoms with Gasteiger partial charge in [-0.2, -0.15) is 0 Å². The number of benzene rings is 1. The summed E-state index contributed by atoms with van der Waals surface area (Å²) >= 11 is 0. The SMILES string of the molecule is COCCN(CCOC)c1ccc(N)cc1C(=O)O. The first-order valence-electron chi connectivity index (χ1n) is 5.95. The van der Waals surface area contributed by atoms with Crippen LogP contribution in [0.3, 0.4) is 0 Å². The normalized spacial score (nSPS) is 10.4. The van der Waals surface area contributed by atoms with Crippen molar-refractivity contribution in [2.45, 2.75) is 0 Å². The molecule has 0 radical (unpaired) electrons. The minimum absolute atomic E-state index is 0.187. The summed E-state index contributed by atoms with van der Waals surface area (Å²) in [6, 6.07) is 4.86. The molecule has 0 amide bonds. The number of nitrogen functional groups attached to an aromatic ring is 1. The fourth-order valence-corrected chi connectivity index (χ4v) is 1.76. The first kappa shape index (κ1) is 15.3. The van der Waals surface area contributed by atoms with Crippen LogP contribution in [0, 0.1) is 0 Å². The molecular formula is C13H20N2O4. The van der Waals surface area contributed by atoms with Gasteiger partial charge in [0.05, 0.1) is 24.5 Å². The van der Waals surface area contributed by atoms with Gasteiger partial charge in [-0.25, -0.2) is 4.79 Å². The monoisotopic (exact) mass is 268 g/mol. The molecule has 0 unspecified atom stereocenters. The van der Waals surface area contributed by atoms with Crippen molar-refractivity contribution >= 4 is 17.3 Å². The number of hydrogen-bond donors (Lipinski definition) is 2. The molecule has 0 aromatic heterocycles. The molecule has 0 heterocycles. The molecule has 0 atom stereocenters. The van der Waals surface area contributed by atoms with Crippen molar-refractivity contribution in [3.8, 4) is 0 Å². The maximum atomic E-state index is 11.3. The van der Waals surface area contributed by atoms with Crippen molar-refractivity contribution in [2.24, 2.45) is 0 Å². The highest BCUT2D eigenvalue weighted by molar-refractivity contribution is 5.95. The lowest BCUT2D eigenvalue weighted by Crippen LogP contribution is -2.32. The van der Waals surface area contributed by atoms with Crippen molar-refractivity contribution in [1.82, 2.24) is 0 Å². The molecule has 6 nitrogen and oxygen atoms in total. The predicted octanol–water partition coefficient (Wildman–Crippen LogP) is 1.07. The maximum Gasteiger partial charge on any atom is 0.337 e. The quantitative estimate of drug-likeness (QED) is 0.686. The Morgan fingerprint density at radius 2 is 1.84 bits per heavy atom. The lowest BCUT2D eigenvalue weighted by atomic mass is 10.1. The summed E-state index contributed by atoms with van der Waals surface area (Å²) in [5, 5.41) is 9.25. The van der Waals surface area contributed by atoms with Crippen molar-refractivity contribution in [1.29, 1.82) is 0 Å². The van der Waals surface area contributed by atoms with Gasteiger partial charge in [0, 0.05) is 33.0 Å². The van der Waals surface area contributed by atoms with E-state index in [2.05, 4.69) is 0 Å². The van der Waals surface area contributed by atoms with Crippen LogP contribution in [0.25, 0.3) is 0 Å². The van der Waals surface area contributed by atoms with Gasteiger partial charge in [-0.15, -0.1) is 0 Å². The van der Waals surface area contributed by atoms with Crippen LogP contribution in [-0.4, -0.2) is 51.6 Å². The molecule has 3 N–H and O–H groups in total. The fourth-order valence-electron chi connectivity index (χ4n) is 1.76. The highest BCUT2D eigenvalue weighted by Crippen LogP contribution is 2.23. The average Bonchev–Trinajstić information content (AvgIpc) is 2.39. The van der Waals surface area contributed by atoms with Crippen LogP contribution >= 0.6 is 0 Å². The smallest absolute Gasteiger partial charge is 0.337 e. The fraction of sp³-hybridized carbons (Fsp3) is 0.462. The van der Waals surface area contributed by atoms with Crippen LogP contribution in [-0.2, 0) is 9.47 Å². The van der Waals surface area contributed by atoms with E-state index < -0.39 is 5.97 Å². The molecule has 0 fully saturated rings. The Kier molecular flexibility index (Phi) is 6.11. The Hall–Kier alpha value is -1.79. The summed E-state index contributed by atoms with van der Waals surface area (Å²) in [6.45, 7) is 2.19. The van der Waals surface area contributed by atoms with Crippen LogP contribution in [0.2, 0.25) is 0 Å². The molecule has 0 bridgehead atoms. The predicted molar refractivity (Wildman–Crippen MR) is 73.8 cm³/mol. The first-order chi connectivity index (χ1) is 9.10. The van der Waals surface area contributed by atoms with Crippen LogP contribution in [0.1, 0.15) is 10.4 Å². The van der Waals surface area contributed by atoms with Crippen molar-refractivity contribution in [3.05, 3.63) is 23.8 Å². The van der Waals surface area contributed by atoms with Crippen molar-refractivity contribution in [3.63, 3.8) is 0 Å². The molecule has 0 saturated heterocycles. The van der Waals surface area contributed by atoms with Crippen LogP contribution in [0.15, 0.2) is 18.2 Å². The number of rotatable bonds is 8. The molecule has 106 valence electrons. The van der Waals surface area contributed by atoms with Gasteiger partial charge in [-0.05, 0) is 18.2 Å². The minimum atomic E-state index is -0.998. The second kappa shape index (κ2) is 7.60. The van der Waals surface area contributed by atoms with Gasteiger partial charge in [-0.3, -0.25) is 0 Å². The molecule has 0 aliphatic rings. The number of carboxylic acids is 1. The summed E-state index contributed by atoms with van der Waals surface area (Å²) in [7, 11) is 3.21. The number of nitrogens with zero attached hydrogens (tertiary/aromatic N) is 1. The molecule has 19 heavy (non-hydrogen) atoms. The number of carboxylic acid groups (broad SMARTS) is 1. The molecule has 0 aliphatic carbocycles. The minimum Gasteiger partial charge on any atom is -0.478 e. The largest absolute Gasteiger partial charge is 0.478 e. The van der Waals surface area contributed by atoms with Gasteiger partial charge < -0.3 is 25.2 Å². The standard InChI is InChI=1S/C13H20N2O4/c1-18-7-5-15(6-8-19-2)12-4-3-10(14)9-11(12)13(16)17/h3-4,9H,5-8,14H2,1-2H3,(H,16,17). The summed E-state index contributed by atoms with van der Waals surface area (Å²) in [6.07, 6.45) is 0. The van der Waals surface area contributed by atoms with Crippen molar-refractivity contribution < 1.29 is 19.4 Å². The molecule has 1 rings (SSSR count). The van der Waals surface area contributed by atoms with E-state index in [1.807, 2.05) is 4.90 Å². The van der Waals surface area contributed by atoms with Gasteiger partial charge in [0.15, 0.2) is 0 Å². The van der Waals surface area contributed by atoms with E-state index in [0.717, 1.165) is 0 Å². The Balaban J connectivity index is 3.02. The van der Waals surface area contributed by atoms with Crippen LogP contribution in [0.4, 0.5) is 11.4 Å². The van der Waals surface area contributed by atoms with Gasteiger partial charge in [0.2, 0.25) is 0 Å². The second-order valence-corrected chi connectivity index (χ2v) is 4.05. The zero-order chi connectivity index (χ0) is 14.3.